The molecule has 1 heterocycles. The summed E-state index contributed by atoms with van der Waals surface area (Å²) in [5.74, 6) is -0.0620. The van der Waals surface area contributed by atoms with Gasteiger partial charge in [0.15, 0.2) is 0 Å². The van der Waals surface area contributed by atoms with Crippen LogP contribution in [0.4, 0.5) is 0 Å². The lowest BCUT2D eigenvalue weighted by atomic mass is 10.2. The van der Waals surface area contributed by atoms with E-state index in [1.54, 1.807) is 0 Å². The summed E-state index contributed by atoms with van der Waals surface area (Å²) < 4.78 is 5.12. The Morgan fingerprint density at radius 1 is 1.83 bits per heavy atom. The van der Waals surface area contributed by atoms with E-state index in [1.165, 1.54) is 0 Å². The summed E-state index contributed by atoms with van der Waals surface area (Å²) in [4.78, 5) is 11.2. The van der Waals surface area contributed by atoms with Gasteiger partial charge in [-0.2, -0.15) is 0 Å². The highest BCUT2D eigenvalue weighted by atomic mass is 16.5. The summed E-state index contributed by atoms with van der Waals surface area (Å²) in [7, 11) is 0. The van der Waals surface area contributed by atoms with E-state index < -0.39 is 0 Å². The lowest BCUT2D eigenvalue weighted by molar-refractivity contribution is -0.123. The van der Waals surface area contributed by atoms with Crippen molar-refractivity contribution in [2.24, 2.45) is 5.73 Å². The predicted octanol–water partition coefficient (Wildman–Crippen LogP) is -0.371. The fourth-order valence-corrected chi connectivity index (χ4v) is 1.14. The zero-order valence-corrected chi connectivity index (χ0v) is 7.38. The van der Waals surface area contributed by atoms with E-state index in [0.29, 0.717) is 13.0 Å². The maximum Gasteiger partial charge on any atom is 0.237 e. The zero-order valence-electron chi connectivity index (χ0n) is 7.38. The Morgan fingerprint density at radius 2 is 2.58 bits per heavy atom. The maximum atomic E-state index is 11.2. The molecule has 0 bridgehead atoms. The smallest absolute Gasteiger partial charge is 0.237 e. The first-order valence-corrected chi connectivity index (χ1v) is 4.37. The van der Waals surface area contributed by atoms with Gasteiger partial charge in [0.2, 0.25) is 5.91 Å². The van der Waals surface area contributed by atoms with Crippen LogP contribution in [0.5, 0.6) is 0 Å². The van der Waals surface area contributed by atoms with E-state index in [2.05, 4.69) is 5.32 Å². The summed E-state index contributed by atoms with van der Waals surface area (Å²) in [6, 6.07) is -0.194. The first-order valence-electron chi connectivity index (χ1n) is 4.37. The molecule has 1 saturated heterocycles. The average Bonchev–Trinajstić information content (AvgIpc) is 2.55. The third kappa shape index (κ3) is 2.46. The molecule has 1 aliphatic heterocycles. The molecule has 70 valence electrons. The molecule has 0 aromatic carbocycles. The molecule has 0 spiro atoms. The van der Waals surface area contributed by atoms with Gasteiger partial charge in [0.05, 0.1) is 18.7 Å². The minimum Gasteiger partial charge on any atom is -0.379 e. The number of carbonyl (C=O) groups excluding carboxylic acids is 1. The zero-order chi connectivity index (χ0) is 8.97. The lowest BCUT2D eigenvalue weighted by Gasteiger charge is -2.13. The predicted molar refractivity (Wildman–Crippen MR) is 45.6 cm³/mol. The molecule has 2 unspecified atom stereocenters. The number of amides is 1. The third-order valence-corrected chi connectivity index (χ3v) is 2.05. The summed E-state index contributed by atoms with van der Waals surface area (Å²) in [5.41, 5.74) is 5.54. The maximum absolute atomic E-state index is 11.2. The van der Waals surface area contributed by atoms with Crippen LogP contribution in [-0.4, -0.2) is 31.2 Å². The van der Waals surface area contributed by atoms with Gasteiger partial charge in [-0.05, 0) is 12.8 Å². The van der Waals surface area contributed by atoms with Gasteiger partial charge < -0.3 is 15.8 Å². The second kappa shape index (κ2) is 4.42. The molecule has 0 radical (unpaired) electrons. The SMILES string of the molecule is CCC(N)C(=O)NC1CCOC1. The molecule has 4 heteroatoms. The fourth-order valence-electron chi connectivity index (χ4n) is 1.14. The van der Waals surface area contributed by atoms with Crippen LogP contribution in [0, 0.1) is 0 Å². The summed E-state index contributed by atoms with van der Waals surface area (Å²) in [5, 5.41) is 2.84. The van der Waals surface area contributed by atoms with Gasteiger partial charge in [-0.1, -0.05) is 6.92 Å². The molecule has 0 aromatic rings. The van der Waals surface area contributed by atoms with Crippen molar-refractivity contribution in [1.29, 1.82) is 0 Å². The van der Waals surface area contributed by atoms with Crippen LogP contribution in [0.1, 0.15) is 19.8 Å². The minimum atomic E-state index is -0.370. The molecule has 12 heavy (non-hydrogen) atoms. The Morgan fingerprint density at radius 3 is 3.08 bits per heavy atom. The topological polar surface area (TPSA) is 64.4 Å². The van der Waals surface area contributed by atoms with Crippen LogP contribution >= 0.6 is 0 Å². The van der Waals surface area contributed by atoms with E-state index in [-0.39, 0.29) is 18.0 Å². The van der Waals surface area contributed by atoms with Crippen molar-refractivity contribution in [1.82, 2.24) is 5.32 Å². The van der Waals surface area contributed by atoms with Crippen LogP contribution in [0.2, 0.25) is 0 Å². The van der Waals surface area contributed by atoms with Gasteiger partial charge in [0, 0.05) is 6.61 Å². The Bertz CT molecular complexity index is 155. The van der Waals surface area contributed by atoms with Gasteiger partial charge in [-0.3, -0.25) is 4.79 Å². The molecule has 4 nitrogen and oxygen atoms in total. The quantitative estimate of drug-likeness (QED) is 0.610. The van der Waals surface area contributed by atoms with Crippen molar-refractivity contribution < 1.29 is 9.53 Å². The number of ether oxygens (including phenoxy) is 1. The Labute approximate surface area is 72.5 Å². The molecule has 3 N–H and O–H groups in total. The lowest BCUT2D eigenvalue weighted by Crippen LogP contribution is -2.45. The second-order valence-corrected chi connectivity index (χ2v) is 3.08. The molecular weight excluding hydrogens is 156 g/mol. The standard InChI is InChI=1S/C8H16N2O2/c1-2-7(9)8(11)10-6-3-4-12-5-6/h6-7H,2-5,9H2,1H3,(H,10,11). The molecule has 1 fully saturated rings. The van der Waals surface area contributed by atoms with Gasteiger partial charge in [-0.25, -0.2) is 0 Å². The normalized spacial score (nSPS) is 25.3. The van der Waals surface area contributed by atoms with E-state index >= 15 is 0 Å². The number of hydrogen-bond donors (Lipinski definition) is 2. The Balaban J connectivity index is 2.25. The highest BCUT2D eigenvalue weighted by Gasteiger charge is 2.20. The van der Waals surface area contributed by atoms with Gasteiger partial charge in [0.1, 0.15) is 0 Å². The third-order valence-electron chi connectivity index (χ3n) is 2.05. The van der Waals surface area contributed by atoms with Crippen molar-refractivity contribution >= 4 is 5.91 Å². The van der Waals surface area contributed by atoms with Crippen LogP contribution in [0.15, 0.2) is 0 Å². The van der Waals surface area contributed by atoms with Crippen LogP contribution < -0.4 is 11.1 Å². The summed E-state index contributed by atoms with van der Waals surface area (Å²) in [6.45, 7) is 3.27. The van der Waals surface area contributed by atoms with Gasteiger partial charge in [0.25, 0.3) is 0 Å². The molecule has 0 saturated carbocycles. The molecule has 1 aliphatic rings. The molecule has 2 atom stereocenters. The van der Waals surface area contributed by atoms with E-state index in [4.69, 9.17) is 10.5 Å². The highest BCUT2D eigenvalue weighted by molar-refractivity contribution is 5.81. The Hall–Kier alpha value is -0.610. The number of hydrogen-bond acceptors (Lipinski definition) is 3. The molecule has 0 aliphatic carbocycles. The summed E-state index contributed by atoms with van der Waals surface area (Å²) in [6.07, 6.45) is 1.58. The largest absolute Gasteiger partial charge is 0.379 e. The number of rotatable bonds is 3. The van der Waals surface area contributed by atoms with Crippen molar-refractivity contribution in [3.8, 4) is 0 Å². The molecular formula is C8H16N2O2. The average molecular weight is 172 g/mol. The van der Waals surface area contributed by atoms with Crippen molar-refractivity contribution in [2.75, 3.05) is 13.2 Å². The van der Waals surface area contributed by atoms with Crippen molar-refractivity contribution in [2.45, 2.75) is 31.8 Å². The fraction of sp³-hybridized carbons (Fsp3) is 0.875. The Kier molecular flexibility index (Phi) is 3.49. The first kappa shape index (κ1) is 9.48. The second-order valence-electron chi connectivity index (χ2n) is 3.08. The monoisotopic (exact) mass is 172 g/mol. The molecule has 0 aromatic heterocycles. The number of nitrogens with two attached hydrogens (primary N) is 1. The number of nitrogens with one attached hydrogen (secondary N) is 1. The van der Waals surface area contributed by atoms with E-state index in [0.717, 1.165) is 13.0 Å². The molecule has 1 rings (SSSR count). The number of carbonyl (C=O) groups is 1. The highest BCUT2D eigenvalue weighted by Crippen LogP contribution is 2.03. The summed E-state index contributed by atoms with van der Waals surface area (Å²) >= 11 is 0. The van der Waals surface area contributed by atoms with Gasteiger partial charge >= 0.3 is 0 Å². The van der Waals surface area contributed by atoms with Crippen LogP contribution in [0.3, 0.4) is 0 Å². The van der Waals surface area contributed by atoms with Crippen molar-refractivity contribution in [3.05, 3.63) is 0 Å². The van der Waals surface area contributed by atoms with Crippen molar-refractivity contribution in [3.63, 3.8) is 0 Å². The van der Waals surface area contributed by atoms with E-state index in [9.17, 15) is 4.79 Å². The first-order chi connectivity index (χ1) is 5.74. The van der Waals surface area contributed by atoms with Gasteiger partial charge in [-0.15, -0.1) is 0 Å². The minimum absolute atomic E-state index is 0.0620. The van der Waals surface area contributed by atoms with E-state index in [1.807, 2.05) is 6.92 Å². The van der Waals surface area contributed by atoms with Crippen LogP contribution in [-0.2, 0) is 9.53 Å². The van der Waals surface area contributed by atoms with Crippen LogP contribution in [0.25, 0.3) is 0 Å². The molecule has 1 amide bonds.